The lowest BCUT2D eigenvalue weighted by molar-refractivity contribution is 0.0933. The first-order valence-electron chi connectivity index (χ1n) is 6.34. The molecule has 98 valence electrons. The zero-order valence-electron chi connectivity index (χ0n) is 11.3. The van der Waals surface area contributed by atoms with Crippen LogP contribution in [0.15, 0.2) is 12.1 Å². The van der Waals surface area contributed by atoms with Crippen LogP contribution in [0.1, 0.15) is 35.3 Å². The summed E-state index contributed by atoms with van der Waals surface area (Å²) in [7, 11) is 0. The molecule has 1 atom stereocenters. The molecule has 1 aromatic heterocycles. The van der Waals surface area contributed by atoms with Crippen molar-refractivity contribution >= 4 is 17.1 Å². The number of hydrogen-bond acceptors (Lipinski definition) is 4. The van der Waals surface area contributed by atoms with Gasteiger partial charge >= 0.3 is 0 Å². The van der Waals surface area contributed by atoms with Gasteiger partial charge in [0.15, 0.2) is 5.78 Å². The first-order valence-corrected chi connectivity index (χ1v) is 7.16. The van der Waals surface area contributed by atoms with Gasteiger partial charge in [0.1, 0.15) is 0 Å². The normalized spacial score (nSPS) is 12.4. The summed E-state index contributed by atoms with van der Waals surface area (Å²) in [6.07, 6.45) is 0.973. The second-order valence-electron chi connectivity index (χ2n) is 4.40. The third-order valence-electron chi connectivity index (χ3n) is 2.85. The van der Waals surface area contributed by atoms with Crippen molar-refractivity contribution in [3.8, 4) is 6.07 Å². The quantitative estimate of drug-likeness (QED) is 0.711. The number of nitrogens with zero attached hydrogens (tertiary/aromatic N) is 2. The lowest BCUT2D eigenvalue weighted by Crippen LogP contribution is -2.33. The predicted molar refractivity (Wildman–Crippen MR) is 74.9 cm³/mol. The van der Waals surface area contributed by atoms with Gasteiger partial charge in [-0.3, -0.25) is 9.69 Å². The molecule has 0 amide bonds. The number of aryl methyl sites for hydroxylation is 1. The van der Waals surface area contributed by atoms with E-state index in [4.69, 9.17) is 5.26 Å². The summed E-state index contributed by atoms with van der Waals surface area (Å²) < 4.78 is 0. The van der Waals surface area contributed by atoms with Crippen LogP contribution in [0.4, 0.5) is 0 Å². The van der Waals surface area contributed by atoms with Gasteiger partial charge in [0, 0.05) is 11.4 Å². The Morgan fingerprint density at radius 2 is 2.22 bits per heavy atom. The maximum atomic E-state index is 12.1. The van der Waals surface area contributed by atoms with Crippen molar-refractivity contribution in [3.63, 3.8) is 0 Å². The van der Waals surface area contributed by atoms with Crippen LogP contribution in [-0.2, 0) is 6.42 Å². The summed E-state index contributed by atoms with van der Waals surface area (Å²) in [5.41, 5.74) is 0. The zero-order valence-corrected chi connectivity index (χ0v) is 12.1. The fourth-order valence-electron chi connectivity index (χ4n) is 1.73. The Bertz CT molecular complexity index is 433. The highest BCUT2D eigenvalue weighted by Gasteiger charge is 2.15. The van der Waals surface area contributed by atoms with Gasteiger partial charge in [0.2, 0.25) is 0 Å². The molecule has 1 unspecified atom stereocenters. The lowest BCUT2D eigenvalue weighted by Gasteiger charge is -2.20. The molecule has 0 fully saturated rings. The van der Waals surface area contributed by atoms with Crippen molar-refractivity contribution in [1.82, 2.24) is 4.90 Å². The van der Waals surface area contributed by atoms with Crippen molar-refractivity contribution in [2.45, 2.75) is 27.2 Å². The Labute approximate surface area is 113 Å². The number of carbonyl (C=O) groups is 1. The monoisotopic (exact) mass is 264 g/mol. The molecule has 0 spiro atoms. The molecular formula is C14H20N2OS. The highest BCUT2D eigenvalue weighted by molar-refractivity contribution is 7.14. The molecule has 0 bridgehead atoms. The minimum absolute atomic E-state index is 0.0349. The van der Waals surface area contributed by atoms with Crippen LogP contribution in [-0.4, -0.2) is 30.3 Å². The average Bonchev–Trinajstić information content (AvgIpc) is 2.86. The molecule has 1 aromatic rings. The molecule has 0 radical (unpaired) electrons. The predicted octanol–water partition coefficient (Wildman–Crippen LogP) is 2.97. The lowest BCUT2D eigenvalue weighted by atomic mass is 10.2. The first kappa shape index (κ1) is 14.9. The van der Waals surface area contributed by atoms with Crippen LogP contribution < -0.4 is 0 Å². The molecule has 18 heavy (non-hydrogen) atoms. The molecule has 0 aliphatic carbocycles. The van der Waals surface area contributed by atoms with E-state index in [1.165, 1.54) is 4.88 Å². The van der Waals surface area contributed by atoms with E-state index < -0.39 is 0 Å². The molecule has 0 aromatic carbocycles. The van der Waals surface area contributed by atoms with Gasteiger partial charge in [0.05, 0.1) is 23.4 Å². The number of carbonyl (C=O) groups excluding carboxylic acids is 1. The highest BCUT2D eigenvalue weighted by Crippen LogP contribution is 2.18. The Morgan fingerprint density at radius 1 is 1.50 bits per heavy atom. The Kier molecular flexibility index (Phi) is 6.03. The molecular weight excluding hydrogens is 244 g/mol. The summed E-state index contributed by atoms with van der Waals surface area (Å²) in [4.78, 5) is 16.2. The maximum absolute atomic E-state index is 12.1. The third-order valence-corrected chi connectivity index (χ3v) is 4.12. The van der Waals surface area contributed by atoms with Crippen LogP contribution in [0.3, 0.4) is 0 Å². The second-order valence-corrected chi connectivity index (χ2v) is 5.57. The summed E-state index contributed by atoms with van der Waals surface area (Å²) in [6.45, 7) is 7.85. The molecule has 3 nitrogen and oxygen atoms in total. The van der Waals surface area contributed by atoms with Gasteiger partial charge in [-0.15, -0.1) is 11.3 Å². The summed E-state index contributed by atoms with van der Waals surface area (Å²) in [5.74, 6) is 0.124. The van der Waals surface area contributed by atoms with E-state index in [-0.39, 0.29) is 11.7 Å². The molecule has 1 rings (SSSR count). The summed E-state index contributed by atoms with van der Waals surface area (Å²) >= 11 is 1.58. The summed E-state index contributed by atoms with van der Waals surface area (Å²) in [6, 6.07) is 6.14. The minimum atomic E-state index is -0.0349. The SMILES string of the molecule is CCc1ccc(C(=O)CN(CC)CC(C)C#N)s1. The number of Topliss-reactive ketones (excluding diaryl/α,β-unsaturated/α-hetero) is 1. The highest BCUT2D eigenvalue weighted by atomic mass is 32.1. The van der Waals surface area contributed by atoms with Gasteiger partial charge in [-0.1, -0.05) is 13.8 Å². The van der Waals surface area contributed by atoms with Crippen LogP contribution in [0, 0.1) is 17.2 Å². The largest absolute Gasteiger partial charge is 0.295 e. The van der Waals surface area contributed by atoms with Gasteiger partial charge < -0.3 is 0 Å². The number of rotatable bonds is 7. The van der Waals surface area contributed by atoms with Crippen molar-refractivity contribution in [2.75, 3.05) is 19.6 Å². The second kappa shape index (κ2) is 7.30. The smallest absolute Gasteiger partial charge is 0.186 e. The van der Waals surface area contributed by atoms with E-state index in [9.17, 15) is 4.79 Å². The molecule has 1 heterocycles. The molecule has 0 aliphatic rings. The van der Waals surface area contributed by atoms with Gasteiger partial charge in [-0.05, 0) is 32.0 Å². The van der Waals surface area contributed by atoms with Crippen molar-refractivity contribution < 1.29 is 4.79 Å². The standard InChI is InChI=1S/C14H20N2OS/c1-4-12-6-7-14(18-12)13(17)10-16(5-2)9-11(3)8-15/h6-7,11H,4-5,9-10H2,1-3H3. The fraction of sp³-hybridized carbons (Fsp3) is 0.571. The number of ketones is 1. The van der Waals surface area contributed by atoms with E-state index in [1.54, 1.807) is 11.3 Å². The van der Waals surface area contributed by atoms with Crippen LogP contribution in [0.25, 0.3) is 0 Å². The average molecular weight is 264 g/mol. The number of likely N-dealkylation sites (N-methyl/N-ethyl adjacent to an activating group) is 1. The van der Waals surface area contributed by atoms with E-state index in [0.29, 0.717) is 13.1 Å². The Hall–Kier alpha value is -1.18. The third kappa shape index (κ3) is 4.25. The molecule has 4 heteroatoms. The van der Waals surface area contributed by atoms with E-state index in [2.05, 4.69) is 13.0 Å². The molecule has 0 aliphatic heterocycles. The number of nitriles is 1. The van der Waals surface area contributed by atoms with Crippen molar-refractivity contribution in [2.24, 2.45) is 5.92 Å². The van der Waals surface area contributed by atoms with Crippen molar-refractivity contribution in [1.29, 1.82) is 5.26 Å². The van der Waals surface area contributed by atoms with Gasteiger partial charge in [-0.2, -0.15) is 5.26 Å². The number of hydrogen-bond donors (Lipinski definition) is 0. The van der Waals surface area contributed by atoms with Crippen LogP contribution >= 0.6 is 11.3 Å². The zero-order chi connectivity index (χ0) is 13.5. The van der Waals surface area contributed by atoms with E-state index >= 15 is 0 Å². The fourth-order valence-corrected chi connectivity index (χ4v) is 2.61. The number of thiophene rings is 1. The molecule has 0 saturated heterocycles. The van der Waals surface area contributed by atoms with E-state index in [0.717, 1.165) is 17.8 Å². The topological polar surface area (TPSA) is 44.1 Å². The molecule has 0 N–H and O–H groups in total. The Balaban J connectivity index is 2.59. The Morgan fingerprint density at radius 3 is 2.72 bits per heavy atom. The maximum Gasteiger partial charge on any atom is 0.186 e. The first-order chi connectivity index (χ1) is 8.60. The van der Waals surface area contributed by atoms with E-state index in [1.807, 2.05) is 30.9 Å². The van der Waals surface area contributed by atoms with Crippen molar-refractivity contribution in [3.05, 3.63) is 21.9 Å². The van der Waals surface area contributed by atoms with Gasteiger partial charge in [0.25, 0.3) is 0 Å². The summed E-state index contributed by atoms with van der Waals surface area (Å²) in [5, 5.41) is 8.81. The molecule has 0 saturated carbocycles. The minimum Gasteiger partial charge on any atom is -0.295 e. The van der Waals surface area contributed by atoms with Crippen LogP contribution in [0.2, 0.25) is 0 Å². The van der Waals surface area contributed by atoms with Crippen LogP contribution in [0.5, 0.6) is 0 Å². The van der Waals surface area contributed by atoms with Gasteiger partial charge in [-0.25, -0.2) is 0 Å².